The number of allylic oxidation sites excluding steroid dienone is 1. The van der Waals surface area contributed by atoms with Gasteiger partial charge in [-0.3, -0.25) is 19.4 Å². The molecule has 0 radical (unpaired) electrons. The lowest BCUT2D eigenvalue weighted by Crippen LogP contribution is -2.76. The third kappa shape index (κ3) is 2.97. The Morgan fingerprint density at radius 2 is 1.67 bits per heavy atom. The molecule has 2 saturated carbocycles. The minimum atomic E-state index is -0.390. The van der Waals surface area contributed by atoms with Crippen LogP contribution in [0, 0.1) is 23.7 Å². The van der Waals surface area contributed by atoms with Crippen molar-refractivity contribution in [1.29, 1.82) is 0 Å². The Balaban J connectivity index is 1.07. The molecule has 10 aliphatic rings. The van der Waals surface area contributed by atoms with E-state index in [1.807, 2.05) is 0 Å². The highest BCUT2D eigenvalue weighted by molar-refractivity contribution is 6.09. The second-order valence-electron chi connectivity index (χ2n) is 17.8. The van der Waals surface area contributed by atoms with Gasteiger partial charge in [-0.15, -0.1) is 0 Å². The molecule has 2 aromatic carbocycles. The van der Waals surface area contributed by atoms with Crippen molar-refractivity contribution in [3.8, 4) is 0 Å². The van der Waals surface area contributed by atoms with Crippen LogP contribution in [-0.2, 0) is 34.6 Å². The quantitative estimate of drug-likeness (QED) is 0.208. The van der Waals surface area contributed by atoms with E-state index in [4.69, 9.17) is 18.6 Å². The maximum atomic E-state index is 14.2. The number of benzene rings is 2. The molecule has 52 heavy (non-hydrogen) atoms. The zero-order valence-electron chi connectivity index (χ0n) is 31.0. The first-order valence-electron chi connectivity index (χ1n) is 19.6. The molecule has 3 aromatic rings. The van der Waals surface area contributed by atoms with Gasteiger partial charge in [0.1, 0.15) is 22.4 Å². The van der Waals surface area contributed by atoms with Gasteiger partial charge in [0.2, 0.25) is 0 Å². The summed E-state index contributed by atoms with van der Waals surface area (Å²) in [6.07, 6.45) is 7.18. The van der Waals surface area contributed by atoms with Crippen molar-refractivity contribution in [2.75, 3.05) is 64.3 Å². The Morgan fingerprint density at radius 3 is 2.42 bits per heavy atom. The molecule has 8 fully saturated rings. The Morgan fingerprint density at radius 1 is 0.923 bits per heavy atom. The van der Waals surface area contributed by atoms with Gasteiger partial charge in [-0.05, 0) is 87.7 Å². The van der Waals surface area contributed by atoms with E-state index in [9.17, 15) is 9.59 Å². The highest BCUT2D eigenvalue weighted by Crippen LogP contribution is 2.71. The van der Waals surface area contributed by atoms with Crippen LogP contribution in [0.2, 0.25) is 0 Å². The Bertz CT molecular complexity index is 2210. The SMILES string of the molecule is C/C=C1/CN2CCC34c5cc6oc7cc8c(cc7c6cc5N(C)C23CCC1C4C(=O)OC)C12CCN3CC4(OC4C)C(CC3C1N8C)C2C(=O)OC. The molecule has 8 aliphatic heterocycles. The van der Waals surface area contributed by atoms with Crippen molar-refractivity contribution in [1.82, 2.24) is 9.80 Å². The number of rotatable bonds is 2. The predicted octanol–water partition coefficient (Wildman–Crippen LogP) is 4.95. The number of methoxy groups -OCH3 is 2. The van der Waals surface area contributed by atoms with Crippen molar-refractivity contribution in [2.24, 2.45) is 23.7 Å². The number of esters is 2. The molecule has 7 bridgehead atoms. The fourth-order valence-corrected chi connectivity index (χ4v) is 15.2. The summed E-state index contributed by atoms with van der Waals surface area (Å²) in [7, 11) is 7.59. The Hall–Kier alpha value is -3.60. The van der Waals surface area contributed by atoms with Gasteiger partial charge in [-0.25, -0.2) is 0 Å². The molecule has 1 aromatic heterocycles. The number of piperidine rings is 2. The van der Waals surface area contributed by atoms with Crippen LogP contribution in [0.5, 0.6) is 0 Å². The van der Waals surface area contributed by atoms with Crippen LogP contribution < -0.4 is 9.80 Å². The Labute approximate surface area is 303 Å². The second kappa shape index (κ2) is 9.36. The largest absolute Gasteiger partial charge is 0.469 e. The van der Waals surface area contributed by atoms with E-state index in [0.717, 1.165) is 85.9 Å². The number of carbonyl (C=O) groups is 2. The smallest absolute Gasteiger partial charge is 0.310 e. The number of fused-ring (bicyclic) bond motifs is 9. The van der Waals surface area contributed by atoms with Crippen LogP contribution in [0.4, 0.5) is 11.4 Å². The van der Waals surface area contributed by atoms with Crippen LogP contribution in [0.15, 0.2) is 40.3 Å². The molecule has 6 saturated heterocycles. The van der Waals surface area contributed by atoms with E-state index >= 15 is 0 Å². The predicted molar refractivity (Wildman–Crippen MR) is 195 cm³/mol. The maximum absolute atomic E-state index is 14.2. The lowest BCUT2D eigenvalue weighted by atomic mass is 9.48. The number of carbonyl (C=O) groups excluding carboxylic acids is 2. The fraction of sp³-hybridized carbons (Fsp3) is 0.619. The van der Waals surface area contributed by atoms with Gasteiger partial charge < -0.3 is 28.4 Å². The summed E-state index contributed by atoms with van der Waals surface area (Å²) in [6, 6.07) is 9.82. The van der Waals surface area contributed by atoms with Gasteiger partial charge in [-0.1, -0.05) is 11.6 Å². The summed E-state index contributed by atoms with van der Waals surface area (Å²) < 4.78 is 24.7. The van der Waals surface area contributed by atoms with E-state index in [2.05, 4.69) is 77.9 Å². The maximum Gasteiger partial charge on any atom is 0.310 e. The van der Waals surface area contributed by atoms with Gasteiger partial charge in [0, 0.05) is 84.7 Å². The molecule has 2 aliphatic carbocycles. The number of nitrogens with zero attached hydrogens (tertiary/aromatic N) is 4. The summed E-state index contributed by atoms with van der Waals surface area (Å²) in [5, 5.41) is 2.19. The van der Waals surface area contributed by atoms with Crippen molar-refractivity contribution in [2.45, 2.75) is 86.2 Å². The summed E-state index contributed by atoms with van der Waals surface area (Å²) in [4.78, 5) is 38.5. The third-order valence-corrected chi connectivity index (χ3v) is 17.0. The summed E-state index contributed by atoms with van der Waals surface area (Å²) >= 11 is 0. The normalized spacial score (nSPS) is 45.1. The van der Waals surface area contributed by atoms with Crippen LogP contribution in [-0.4, -0.2) is 106 Å². The van der Waals surface area contributed by atoms with Gasteiger partial charge in [0.25, 0.3) is 0 Å². The molecule has 10 heteroatoms. The second-order valence-corrected chi connectivity index (χ2v) is 17.8. The highest BCUT2D eigenvalue weighted by Gasteiger charge is 2.78. The van der Waals surface area contributed by atoms with Gasteiger partial charge in [0.05, 0.1) is 38.2 Å². The van der Waals surface area contributed by atoms with Crippen molar-refractivity contribution >= 4 is 45.3 Å². The number of hydrogen-bond acceptors (Lipinski definition) is 10. The monoisotopic (exact) mass is 704 g/mol. The molecule has 0 amide bonds. The summed E-state index contributed by atoms with van der Waals surface area (Å²) in [5.74, 6) is -0.423. The van der Waals surface area contributed by atoms with Crippen molar-refractivity contribution in [3.05, 3.63) is 47.0 Å². The number of furan rings is 1. The molecule has 0 N–H and O–H groups in total. The number of anilines is 2. The number of hydrogen-bond donors (Lipinski definition) is 0. The zero-order valence-corrected chi connectivity index (χ0v) is 31.0. The van der Waals surface area contributed by atoms with E-state index < -0.39 is 5.41 Å². The number of ether oxygens (including phenoxy) is 3. The molecule has 10 nitrogen and oxygen atoms in total. The molecular weight excluding hydrogens is 656 g/mol. The zero-order chi connectivity index (χ0) is 35.4. The number of likely N-dealkylation sites (N-methyl/N-ethyl adjacent to an activating group) is 2. The van der Waals surface area contributed by atoms with E-state index in [1.165, 1.54) is 22.4 Å². The molecule has 2 spiro atoms. The van der Waals surface area contributed by atoms with Crippen molar-refractivity contribution in [3.63, 3.8) is 0 Å². The highest BCUT2D eigenvalue weighted by atomic mass is 16.6. The average molecular weight is 705 g/mol. The summed E-state index contributed by atoms with van der Waals surface area (Å²) in [5.41, 5.74) is 6.62. The third-order valence-electron chi connectivity index (χ3n) is 17.0. The van der Waals surface area contributed by atoms with E-state index in [1.54, 1.807) is 14.2 Å². The van der Waals surface area contributed by atoms with Crippen LogP contribution >= 0.6 is 0 Å². The molecule has 9 heterocycles. The first-order valence-corrected chi connectivity index (χ1v) is 19.6. The first kappa shape index (κ1) is 30.8. The number of epoxide rings is 1. The molecule has 12 unspecified atom stereocenters. The standard InChI is InChI=1S/C42H48N4O6/c1-7-22-19-46-13-11-40-27-17-32-25(15-30(27)44(4)42(40,46)9-8-23(22)34(40)37(47)49-5)24-14-26-29(18-33(24)51-32)43(3)36-31-16-28-35(38(48)50-6)39(26,36)10-12-45(31)20-41(28)21(2)52-41/h7,14-15,17-18,21,23,28,31,34-36H,8-13,16,19-20H2,1-6H3/b22-7-. The van der Waals surface area contributed by atoms with Crippen LogP contribution in [0.25, 0.3) is 21.9 Å². The van der Waals surface area contributed by atoms with E-state index in [0.29, 0.717) is 6.04 Å². The van der Waals surface area contributed by atoms with Crippen molar-refractivity contribution < 1.29 is 28.2 Å². The molecule has 272 valence electrons. The van der Waals surface area contributed by atoms with E-state index in [-0.39, 0.29) is 64.4 Å². The molecule has 13 rings (SSSR count). The lowest BCUT2D eigenvalue weighted by Gasteiger charge is -2.64. The minimum Gasteiger partial charge on any atom is -0.469 e. The topological polar surface area (TPSA) is 91.2 Å². The van der Waals surface area contributed by atoms with Gasteiger partial charge >= 0.3 is 11.9 Å². The average Bonchev–Trinajstić information content (AvgIpc) is 3.35. The summed E-state index contributed by atoms with van der Waals surface area (Å²) in [6.45, 7) is 8.00. The van der Waals surface area contributed by atoms with Crippen LogP contribution in [0.3, 0.4) is 0 Å². The van der Waals surface area contributed by atoms with Gasteiger partial charge in [-0.2, -0.15) is 0 Å². The Kier molecular flexibility index (Phi) is 5.55. The fourth-order valence-electron chi connectivity index (χ4n) is 15.2. The van der Waals surface area contributed by atoms with Gasteiger partial charge in [0.15, 0.2) is 0 Å². The molecule has 12 atom stereocenters. The lowest BCUT2D eigenvalue weighted by molar-refractivity contribution is -0.169. The van der Waals surface area contributed by atoms with Crippen LogP contribution in [0.1, 0.15) is 57.1 Å². The molecular formula is C42H48N4O6. The minimum absolute atomic E-state index is 0.0902. The first-order chi connectivity index (χ1) is 25.1.